The summed E-state index contributed by atoms with van der Waals surface area (Å²) in [5, 5.41) is 10.8. The number of nitro groups is 1. The number of carbonyl (C=O) groups excluding carboxylic acids is 3. The Bertz CT molecular complexity index is 712. The number of esters is 1. The monoisotopic (exact) mass is 350 g/mol. The summed E-state index contributed by atoms with van der Waals surface area (Å²) in [5.41, 5.74) is 10.4. The SMILES string of the molecule is NC(=O)C1CCN(C(=O)COC(=O)c2cc([N+](=O)[O-])ccc2N)CC1. The van der Waals surface area contributed by atoms with Gasteiger partial charge in [-0.3, -0.25) is 19.7 Å². The average molecular weight is 350 g/mol. The molecule has 10 heteroatoms. The Morgan fingerprint density at radius 2 is 1.92 bits per heavy atom. The highest BCUT2D eigenvalue weighted by atomic mass is 16.6. The van der Waals surface area contributed by atoms with Crippen molar-refractivity contribution in [2.24, 2.45) is 11.7 Å². The highest BCUT2D eigenvalue weighted by molar-refractivity contribution is 5.97. The predicted octanol–water partition coefficient (Wildman–Crippen LogP) is 0.0577. The van der Waals surface area contributed by atoms with Crippen molar-refractivity contribution in [1.29, 1.82) is 0 Å². The Labute approximate surface area is 142 Å². The summed E-state index contributed by atoms with van der Waals surface area (Å²) in [7, 11) is 0. The second kappa shape index (κ2) is 7.60. The molecular weight excluding hydrogens is 332 g/mol. The third-order valence-electron chi connectivity index (χ3n) is 4.04. The second-order valence-electron chi connectivity index (χ2n) is 5.66. The lowest BCUT2D eigenvalue weighted by Crippen LogP contribution is -2.43. The zero-order valence-corrected chi connectivity index (χ0v) is 13.3. The lowest BCUT2D eigenvalue weighted by atomic mass is 9.96. The number of benzene rings is 1. The van der Waals surface area contributed by atoms with Crippen LogP contribution < -0.4 is 11.5 Å². The fraction of sp³-hybridized carbons (Fsp3) is 0.400. The highest BCUT2D eigenvalue weighted by Gasteiger charge is 2.26. The number of nitrogen functional groups attached to an aromatic ring is 1. The molecule has 0 aromatic heterocycles. The molecule has 0 bridgehead atoms. The van der Waals surface area contributed by atoms with Crippen LogP contribution in [0.1, 0.15) is 23.2 Å². The van der Waals surface area contributed by atoms with Crippen LogP contribution in [0.15, 0.2) is 18.2 Å². The normalized spacial score (nSPS) is 14.8. The first-order chi connectivity index (χ1) is 11.8. The van der Waals surface area contributed by atoms with Crippen LogP contribution in [0.4, 0.5) is 11.4 Å². The quantitative estimate of drug-likeness (QED) is 0.328. The molecule has 1 fully saturated rings. The summed E-state index contributed by atoms with van der Waals surface area (Å²) >= 11 is 0. The Kier molecular flexibility index (Phi) is 5.52. The van der Waals surface area contributed by atoms with Crippen molar-refractivity contribution in [3.63, 3.8) is 0 Å². The summed E-state index contributed by atoms with van der Waals surface area (Å²) in [4.78, 5) is 46.7. The van der Waals surface area contributed by atoms with Crippen LogP contribution in [0.25, 0.3) is 0 Å². The number of hydrogen-bond donors (Lipinski definition) is 2. The molecule has 2 amide bonds. The van der Waals surface area contributed by atoms with E-state index in [1.54, 1.807) is 0 Å². The van der Waals surface area contributed by atoms with E-state index in [1.165, 1.54) is 17.0 Å². The molecule has 10 nitrogen and oxygen atoms in total. The smallest absolute Gasteiger partial charge is 0.341 e. The minimum atomic E-state index is -0.915. The van der Waals surface area contributed by atoms with E-state index < -0.39 is 23.4 Å². The van der Waals surface area contributed by atoms with Crippen molar-refractivity contribution < 1.29 is 24.0 Å². The predicted molar refractivity (Wildman–Crippen MR) is 86.3 cm³/mol. The maximum Gasteiger partial charge on any atom is 0.341 e. The van der Waals surface area contributed by atoms with E-state index in [-0.39, 0.29) is 28.8 Å². The van der Waals surface area contributed by atoms with Crippen molar-refractivity contribution in [3.05, 3.63) is 33.9 Å². The molecule has 0 spiro atoms. The maximum atomic E-state index is 12.1. The van der Waals surface area contributed by atoms with Gasteiger partial charge < -0.3 is 21.1 Å². The van der Waals surface area contributed by atoms with Gasteiger partial charge in [0.05, 0.1) is 10.5 Å². The van der Waals surface area contributed by atoms with Crippen molar-refractivity contribution in [2.45, 2.75) is 12.8 Å². The van der Waals surface area contributed by atoms with E-state index in [4.69, 9.17) is 16.2 Å². The van der Waals surface area contributed by atoms with E-state index in [2.05, 4.69) is 0 Å². The summed E-state index contributed by atoms with van der Waals surface area (Å²) in [6.45, 7) is 0.189. The molecule has 0 atom stereocenters. The van der Waals surface area contributed by atoms with Gasteiger partial charge in [-0.25, -0.2) is 4.79 Å². The number of piperidine rings is 1. The van der Waals surface area contributed by atoms with Crippen LogP contribution in [0.5, 0.6) is 0 Å². The molecule has 1 aromatic carbocycles. The van der Waals surface area contributed by atoms with Crippen molar-refractivity contribution in [1.82, 2.24) is 4.90 Å². The van der Waals surface area contributed by atoms with Crippen LogP contribution in [0.2, 0.25) is 0 Å². The third kappa shape index (κ3) is 4.43. The molecule has 0 saturated carbocycles. The minimum absolute atomic E-state index is 0.0188. The van der Waals surface area contributed by atoms with Gasteiger partial charge in [0.25, 0.3) is 11.6 Å². The number of amides is 2. The number of anilines is 1. The molecule has 1 heterocycles. The second-order valence-corrected chi connectivity index (χ2v) is 5.66. The number of rotatable bonds is 5. The molecule has 134 valence electrons. The van der Waals surface area contributed by atoms with E-state index in [1.807, 2.05) is 0 Å². The number of nitrogens with zero attached hydrogens (tertiary/aromatic N) is 2. The number of primary amides is 1. The Hall–Kier alpha value is -3.17. The van der Waals surface area contributed by atoms with Gasteiger partial charge in [-0.2, -0.15) is 0 Å². The van der Waals surface area contributed by atoms with Crippen molar-refractivity contribution >= 4 is 29.2 Å². The summed E-state index contributed by atoms with van der Waals surface area (Å²) in [6.07, 6.45) is 0.930. The number of likely N-dealkylation sites (tertiary alicyclic amines) is 1. The van der Waals surface area contributed by atoms with Crippen molar-refractivity contribution in [3.8, 4) is 0 Å². The molecule has 1 aliphatic heterocycles. The van der Waals surface area contributed by atoms with Gasteiger partial charge >= 0.3 is 5.97 Å². The lowest BCUT2D eigenvalue weighted by Gasteiger charge is -2.30. The molecule has 1 aliphatic rings. The van der Waals surface area contributed by atoms with Gasteiger partial charge in [0, 0.05) is 36.8 Å². The molecule has 0 aliphatic carbocycles. The van der Waals surface area contributed by atoms with Crippen LogP contribution in [-0.2, 0) is 14.3 Å². The van der Waals surface area contributed by atoms with Gasteiger partial charge in [0.1, 0.15) is 0 Å². The fourth-order valence-electron chi connectivity index (χ4n) is 2.54. The number of hydrogen-bond acceptors (Lipinski definition) is 7. The topological polar surface area (TPSA) is 159 Å². The first kappa shape index (κ1) is 18.2. The van der Waals surface area contributed by atoms with Gasteiger partial charge in [-0.15, -0.1) is 0 Å². The van der Waals surface area contributed by atoms with Crippen LogP contribution in [-0.4, -0.2) is 47.3 Å². The Morgan fingerprint density at radius 1 is 1.28 bits per heavy atom. The molecular formula is C15H18N4O6. The Balaban J connectivity index is 1.92. The van der Waals surface area contributed by atoms with Gasteiger partial charge in [-0.1, -0.05) is 0 Å². The summed E-state index contributed by atoms with van der Waals surface area (Å²) in [6, 6.07) is 3.39. The maximum absolute atomic E-state index is 12.1. The molecule has 0 unspecified atom stereocenters. The number of carbonyl (C=O) groups is 3. The number of ether oxygens (including phenoxy) is 1. The third-order valence-corrected chi connectivity index (χ3v) is 4.04. The van der Waals surface area contributed by atoms with Crippen LogP contribution in [0.3, 0.4) is 0 Å². The van der Waals surface area contributed by atoms with Gasteiger partial charge in [0.2, 0.25) is 5.91 Å². The number of non-ortho nitro benzene ring substituents is 1. The van der Waals surface area contributed by atoms with Gasteiger partial charge in [0.15, 0.2) is 6.61 Å². The van der Waals surface area contributed by atoms with Crippen LogP contribution >= 0.6 is 0 Å². The van der Waals surface area contributed by atoms with E-state index in [0.29, 0.717) is 25.9 Å². The molecule has 1 aromatic rings. The first-order valence-corrected chi connectivity index (χ1v) is 7.57. The largest absolute Gasteiger partial charge is 0.452 e. The molecule has 0 radical (unpaired) electrons. The number of nitrogens with two attached hydrogens (primary N) is 2. The average Bonchev–Trinajstić information content (AvgIpc) is 2.59. The summed E-state index contributed by atoms with van der Waals surface area (Å²) in [5.74, 6) is -1.97. The van der Waals surface area contributed by atoms with E-state index >= 15 is 0 Å². The van der Waals surface area contributed by atoms with E-state index in [0.717, 1.165) is 6.07 Å². The molecule has 1 saturated heterocycles. The zero-order chi connectivity index (χ0) is 18.6. The standard InChI is InChI=1S/C15H18N4O6/c16-12-2-1-10(19(23)24)7-11(12)15(22)25-8-13(20)18-5-3-9(4-6-18)14(17)21/h1-2,7,9H,3-6,8,16H2,(H2,17,21). The lowest BCUT2D eigenvalue weighted by molar-refractivity contribution is -0.384. The van der Waals surface area contributed by atoms with Gasteiger partial charge in [-0.05, 0) is 18.9 Å². The van der Waals surface area contributed by atoms with Crippen molar-refractivity contribution in [2.75, 3.05) is 25.4 Å². The number of nitro benzene ring substituents is 1. The summed E-state index contributed by atoms with van der Waals surface area (Å²) < 4.78 is 4.91. The molecule has 4 N–H and O–H groups in total. The van der Waals surface area contributed by atoms with Crippen LogP contribution in [0, 0.1) is 16.0 Å². The van der Waals surface area contributed by atoms with E-state index in [9.17, 15) is 24.5 Å². The first-order valence-electron chi connectivity index (χ1n) is 7.57. The minimum Gasteiger partial charge on any atom is -0.452 e. The highest BCUT2D eigenvalue weighted by Crippen LogP contribution is 2.21. The Morgan fingerprint density at radius 3 is 2.48 bits per heavy atom. The molecule has 2 rings (SSSR count). The molecule has 25 heavy (non-hydrogen) atoms. The fourth-order valence-corrected chi connectivity index (χ4v) is 2.54. The zero-order valence-electron chi connectivity index (χ0n) is 13.3.